The molecule has 23 heavy (non-hydrogen) atoms. The Kier molecular flexibility index (Phi) is 5.09. The van der Waals surface area contributed by atoms with E-state index in [1.807, 2.05) is 6.07 Å². The van der Waals surface area contributed by atoms with Crippen LogP contribution in [0.1, 0.15) is 25.3 Å². The van der Waals surface area contributed by atoms with Crippen molar-refractivity contribution in [3.63, 3.8) is 0 Å². The summed E-state index contributed by atoms with van der Waals surface area (Å²) >= 11 is 0. The monoisotopic (exact) mass is 321 g/mol. The molecule has 2 aliphatic rings. The molecule has 3 rings (SSSR count). The van der Waals surface area contributed by atoms with E-state index in [9.17, 15) is 5.11 Å². The molecular weight excluding hydrogens is 294 g/mol. The summed E-state index contributed by atoms with van der Waals surface area (Å²) in [4.78, 5) is 2.40. The molecule has 1 aromatic rings. The smallest absolute Gasteiger partial charge is 0.161 e. The molecule has 0 saturated carbocycles. The third-order valence-corrected chi connectivity index (χ3v) is 5.06. The molecule has 5 nitrogen and oxygen atoms in total. The molecule has 2 heterocycles. The van der Waals surface area contributed by atoms with Gasteiger partial charge in [0.25, 0.3) is 0 Å². The number of methoxy groups -OCH3 is 1. The topological polar surface area (TPSA) is 51.2 Å². The number of fused-ring (bicyclic) bond motifs is 1. The highest BCUT2D eigenvalue weighted by molar-refractivity contribution is 5.43. The molecule has 128 valence electrons. The van der Waals surface area contributed by atoms with E-state index in [-0.39, 0.29) is 5.92 Å². The Morgan fingerprint density at radius 2 is 2.09 bits per heavy atom. The lowest BCUT2D eigenvalue weighted by Gasteiger charge is -2.43. The molecule has 1 N–H and O–H groups in total. The van der Waals surface area contributed by atoms with Gasteiger partial charge in [0.05, 0.1) is 5.60 Å². The van der Waals surface area contributed by atoms with Crippen molar-refractivity contribution in [3.05, 3.63) is 23.8 Å². The molecule has 0 aromatic heterocycles. The van der Waals surface area contributed by atoms with E-state index < -0.39 is 5.60 Å². The van der Waals surface area contributed by atoms with Gasteiger partial charge in [0.2, 0.25) is 0 Å². The minimum absolute atomic E-state index is 0.239. The molecular formula is C18H27NO4. The largest absolute Gasteiger partial charge is 0.486 e. The van der Waals surface area contributed by atoms with Crippen molar-refractivity contribution in [1.82, 2.24) is 4.90 Å². The third kappa shape index (κ3) is 3.79. The molecule has 0 spiro atoms. The van der Waals surface area contributed by atoms with Gasteiger partial charge in [0, 0.05) is 33.4 Å². The van der Waals surface area contributed by atoms with E-state index >= 15 is 0 Å². The van der Waals surface area contributed by atoms with Crippen molar-refractivity contribution in [3.8, 4) is 11.5 Å². The lowest BCUT2D eigenvalue weighted by Crippen LogP contribution is -2.51. The van der Waals surface area contributed by atoms with Crippen LogP contribution in [-0.2, 0) is 11.3 Å². The molecule has 2 unspecified atom stereocenters. The van der Waals surface area contributed by atoms with Gasteiger partial charge in [-0.1, -0.05) is 13.0 Å². The summed E-state index contributed by atoms with van der Waals surface area (Å²) in [5.74, 6) is 1.92. The van der Waals surface area contributed by atoms with Gasteiger partial charge in [-0.3, -0.25) is 4.90 Å². The molecule has 1 fully saturated rings. The maximum Gasteiger partial charge on any atom is 0.161 e. The number of piperidine rings is 1. The van der Waals surface area contributed by atoms with Crippen LogP contribution in [0.15, 0.2) is 18.2 Å². The Morgan fingerprint density at radius 1 is 1.30 bits per heavy atom. The zero-order valence-corrected chi connectivity index (χ0v) is 14.1. The van der Waals surface area contributed by atoms with E-state index in [4.69, 9.17) is 14.2 Å². The summed E-state index contributed by atoms with van der Waals surface area (Å²) in [5.41, 5.74) is 0.628. The Balaban J connectivity index is 1.59. The van der Waals surface area contributed by atoms with Crippen LogP contribution >= 0.6 is 0 Å². The maximum atomic E-state index is 10.8. The number of nitrogens with zero attached hydrogens (tertiary/aromatic N) is 1. The van der Waals surface area contributed by atoms with Gasteiger partial charge < -0.3 is 19.3 Å². The summed E-state index contributed by atoms with van der Waals surface area (Å²) in [6.45, 7) is 6.66. The molecule has 1 aromatic carbocycles. The fourth-order valence-electron chi connectivity index (χ4n) is 3.48. The third-order valence-electron chi connectivity index (χ3n) is 5.06. The highest BCUT2D eigenvalue weighted by atomic mass is 16.6. The summed E-state index contributed by atoms with van der Waals surface area (Å²) < 4.78 is 16.4. The number of hydrogen-bond donors (Lipinski definition) is 1. The van der Waals surface area contributed by atoms with Crippen LogP contribution in [0.25, 0.3) is 0 Å². The van der Waals surface area contributed by atoms with Gasteiger partial charge in [0.1, 0.15) is 13.2 Å². The minimum atomic E-state index is -0.598. The predicted octanol–water partition coefficient (Wildman–Crippen LogP) is 2.07. The fourth-order valence-corrected chi connectivity index (χ4v) is 3.48. The van der Waals surface area contributed by atoms with Crippen molar-refractivity contribution in [1.29, 1.82) is 0 Å². The van der Waals surface area contributed by atoms with Gasteiger partial charge in [-0.2, -0.15) is 0 Å². The van der Waals surface area contributed by atoms with Gasteiger partial charge >= 0.3 is 0 Å². The molecule has 0 aliphatic carbocycles. The number of rotatable bonds is 5. The average Bonchev–Trinajstić information content (AvgIpc) is 2.57. The molecule has 1 saturated heterocycles. The Labute approximate surface area is 138 Å². The Bertz CT molecular complexity index is 536. The van der Waals surface area contributed by atoms with E-state index in [1.165, 1.54) is 5.56 Å². The van der Waals surface area contributed by atoms with Crippen LogP contribution < -0.4 is 9.47 Å². The average molecular weight is 321 g/mol. The zero-order valence-electron chi connectivity index (χ0n) is 14.1. The number of hydrogen-bond acceptors (Lipinski definition) is 5. The first-order chi connectivity index (χ1) is 11.1. The van der Waals surface area contributed by atoms with Crippen molar-refractivity contribution >= 4 is 0 Å². The van der Waals surface area contributed by atoms with Gasteiger partial charge in [-0.05, 0) is 36.5 Å². The first-order valence-corrected chi connectivity index (χ1v) is 8.43. The van der Waals surface area contributed by atoms with E-state index in [2.05, 4.69) is 24.0 Å². The summed E-state index contributed by atoms with van der Waals surface area (Å²) in [5, 5.41) is 10.8. The highest BCUT2D eigenvalue weighted by Gasteiger charge is 2.38. The molecule has 0 amide bonds. The second kappa shape index (κ2) is 7.07. The van der Waals surface area contributed by atoms with E-state index in [0.717, 1.165) is 37.6 Å². The number of aliphatic hydroxyl groups is 1. The van der Waals surface area contributed by atoms with Crippen molar-refractivity contribution in [2.75, 3.05) is 40.0 Å². The summed E-state index contributed by atoms with van der Waals surface area (Å²) in [7, 11) is 1.69. The van der Waals surface area contributed by atoms with Crippen LogP contribution in [0.4, 0.5) is 0 Å². The van der Waals surface area contributed by atoms with Crippen LogP contribution in [0.2, 0.25) is 0 Å². The van der Waals surface area contributed by atoms with E-state index in [0.29, 0.717) is 26.2 Å². The number of likely N-dealkylation sites (tertiary alicyclic amines) is 1. The van der Waals surface area contributed by atoms with Crippen molar-refractivity contribution < 1.29 is 19.3 Å². The van der Waals surface area contributed by atoms with Crippen LogP contribution in [0.5, 0.6) is 11.5 Å². The first-order valence-electron chi connectivity index (χ1n) is 8.43. The lowest BCUT2D eigenvalue weighted by molar-refractivity contribution is -0.0827. The molecule has 2 aliphatic heterocycles. The van der Waals surface area contributed by atoms with Crippen LogP contribution in [0.3, 0.4) is 0 Å². The summed E-state index contributed by atoms with van der Waals surface area (Å²) in [6.07, 6.45) is 1.50. The Morgan fingerprint density at radius 3 is 2.83 bits per heavy atom. The minimum Gasteiger partial charge on any atom is -0.486 e. The van der Waals surface area contributed by atoms with Gasteiger partial charge in [0.15, 0.2) is 11.5 Å². The highest BCUT2D eigenvalue weighted by Crippen LogP contribution is 2.34. The van der Waals surface area contributed by atoms with Crippen molar-refractivity contribution in [2.45, 2.75) is 31.9 Å². The van der Waals surface area contributed by atoms with Gasteiger partial charge in [-0.15, -0.1) is 0 Å². The molecule has 5 heteroatoms. The quantitative estimate of drug-likeness (QED) is 0.900. The normalized spacial score (nSPS) is 27.9. The second-order valence-corrected chi connectivity index (χ2v) is 6.71. The summed E-state index contributed by atoms with van der Waals surface area (Å²) in [6, 6.07) is 6.17. The SMILES string of the molecule is COCCC1(O)CCN(Cc2ccc3c(c2)OCCO3)CC1C. The number of ether oxygens (including phenoxy) is 3. The van der Waals surface area contributed by atoms with Crippen LogP contribution in [-0.4, -0.2) is 55.6 Å². The maximum absolute atomic E-state index is 10.8. The predicted molar refractivity (Wildman–Crippen MR) is 87.9 cm³/mol. The molecule has 2 atom stereocenters. The van der Waals surface area contributed by atoms with E-state index in [1.54, 1.807) is 7.11 Å². The van der Waals surface area contributed by atoms with Crippen LogP contribution in [0, 0.1) is 5.92 Å². The first kappa shape index (κ1) is 16.6. The fraction of sp³-hybridized carbons (Fsp3) is 0.667. The second-order valence-electron chi connectivity index (χ2n) is 6.71. The lowest BCUT2D eigenvalue weighted by atomic mass is 9.80. The molecule has 0 radical (unpaired) electrons. The molecule has 0 bridgehead atoms. The standard InChI is InChI=1S/C18H27NO4/c1-14-12-19(7-5-18(14,20)6-8-21-2)13-15-3-4-16-17(11-15)23-10-9-22-16/h3-4,11,14,20H,5-10,12-13H2,1-2H3. The zero-order chi connectivity index (χ0) is 16.3. The Hall–Kier alpha value is -1.30. The van der Waals surface area contributed by atoms with Gasteiger partial charge in [-0.25, -0.2) is 0 Å². The van der Waals surface area contributed by atoms with Crippen molar-refractivity contribution in [2.24, 2.45) is 5.92 Å². The number of benzene rings is 1.